The molecule has 1 N–H and O–H groups in total. The van der Waals surface area contributed by atoms with Crippen LogP contribution in [0.15, 0.2) is 42.5 Å². The zero-order valence-corrected chi connectivity index (χ0v) is 14.2. The topological polar surface area (TPSA) is 41.9 Å². The largest absolute Gasteiger partial charge is 0.497 e. The van der Waals surface area contributed by atoms with Crippen molar-refractivity contribution in [2.45, 2.75) is 13.1 Å². The molecule has 0 heterocycles. The van der Waals surface area contributed by atoms with Crippen molar-refractivity contribution in [3.63, 3.8) is 0 Å². The second kappa shape index (κ2) is 8.77. The van der Waals surface area contributed by atoms with E-state index in [-0.39, 0.29) is 6.61 Å². The third-order valence-corrected chi connectivity index (χ3v) is 3.81. The van der Waals surface area contributed by atoms with Crippen LogP contribution in [0.3, 0.4) is 0 Å². The van der Waals surface area contributed by atoms with Gasteiger partial charge in [0.05, 0.1) is 20.8 Å². The van der Waals surface area contributed by atoms with E-state index in [9.17, 15) is 5.11 Å². The van der Waals surface area contributed by atoms with Gasteiger partial charge in [0.25, 0.3) is 0 Å². The number of nitrogens with zero attached hydrogens (tertiary/aromatic N) is 1. The number of hydrogen-bond donors (Lipinski definition) is 1. The molecule has 124 valence electrons. The molecule has 0 atom stereocenters. The van der Waals surface area contributed by atoms with Gasteiger partial charge in [-0.1, -0.05) is 23.7 Å². The van der Waals surface area contributed by atoms with Crippen molar-refractivity contribution in [3.05, 3.63) is 58.6 Å². The van der Waals surface area contributed by atoms with Crippen LogP contribution < -0.4 is 9.47 Å². The molecule has 0 bridgehead atoms. The van der Waals surface area contributed by atoms with Crippen molar-refractivity contribution in [1.29, 1.82) is 0 Å². The lowest BCUT2D eigenvalue weighted by molar-refractivity contribution is 0.184. The molecule has 0 spiro atoms. The molecule has 2 aromatic carbocycles. The van der Waals surface area contributed by atoms with Crippen molar-refractivity contribution in [2.75, 3.05) is 27.4 Å². The highest BCUT2D eigenvalue weighted by Gasteiger charge is 2.09. The molecule has 2 rings (SSSR count). The first-order valence-electron chi connectivity index (χ1n) is 7.44. The van der Waals surface area contributed by atoms with E-state index in [1.54, 1.807) is 14.2 Å². The van der Waals surface area contributed by atoms with E-state index in [4.69, 9.17) is 21.1 Å². The van der Waals surface area contributed by atoms with E-state index in [2.05, 4.69) is 4.90 Å². The molecule has 23 heavy (non-hydrogen) atoms. The van der Waals surface area contributed by atoms with E-state index in [1.165, 1.54) is 0 Å². The first kappa shape index (κ1) is 17.6. The van der Waals surface area contributed by atoms with Crippen LogP contribution in [0.5, 0.6) is 11.5 Å². The Labute approximate surface area is 142 Å². The van der Waals surface area contributed by atoms with Gasteiger partial charge in [-0.05, 0) is 35.4 Å². The predicted octanol–water partition coefficient (Wildman–Crippen LogP) is 3.35. The summed E-state index contributed by atoms with van der Waals surface area (Å²) >= 11 is 5.92. The maximum Gasteiger partial charge on any atom is 0.122 e. The van der Waals surface area contributed by atoms with Crippen LogP contribution in [0, 0.1) is 0 Å². The highest BCUT2D eigenvalue weighted by Crippen LogP contribution is 2.24. The van der Waals surface area contributed by atoms with Gasteiger partial charge >= 0.3 is 0 Å². The summed E-state index contributed by atoms with van der Waals surface area (Å²) in [5.41, 5.74) is 2.22. The molecular formula is C18H22ClNO3. The third kappa shape index (κ3) is 5.43. The number of ether oxygens (including phenoxy) is 2. The molecule has 0 fully saturated rings. The van der Waals surface area contributed by atoms with Gasteiger partial charge in [-0.2, -0.15) is 0 Å². The van der Waals surface area contributed by atoms with Crippen LogP contribution in [0.25, 0.3) is 0 Å². The normalized spacial score (nSPS) is 10.8. The number of methoxy groups -OCH3 is 2. The van der Waals surface area contributed by atoms with Gasteiger partial charge < -0.3 is 14.6 Å². The van der Waals surface area contributed by atoms with E-state index in [1.807, 2.05) is 42.5 Å². The molecule has 0 amide bonds. The second-order valence-corrected chi connectivity index (χ2v) is 5.72. The zero-order valence-electron chi connectivity index (χ0n) is 13.5. The van der Waals surface area contributed by atoms with Gasteiger partial charge in [0.15, 0.2) is 0 Å². The summed E-state index contributed by atoms with van der Waals surface area (Å²) in [7, 11) is 3.27. The van der Waals surface area contributed by atoms with E-state index in [0.29, 0.717) is 13.1 Å². The number of halogens is 1. The highest BCUT2D eigenvalue weighted by atomic mass is 35.5. The van der Waals surface area contributed by atoms with Gasteiger partial charge in [-0.3, -0.25) is 4.90 Å². The fraction of sp³-hybridized carbons (Fsp3) is 0.333. The number of benzene rings is 2. The monoisotopic (exact) mass is 335 g/mol. The van der Waals surface area contributed by atoms with E-state index in [0.717, 1.165) is 34.2 Å². The fourth-order valence-electron chi connectivity index (χ4n) is 2.42. The summed E-state index contributed by atoms with van der Waals surface area (Å²) in [6.45, 7) is 2.12. The first-order valence-corrected chi connectivity index (χ1v) is 7.82. The minimum Gasteiger partial charge on any atom is -0.497 e. The molecule has 0 aliphatic rings. The minimum absolute atomic E-state index is 0.106. The summed E-state index contributed by atoms with van der Waals surface area (Å²) in [6, 6.07) is 13.6. The quantitative estimate of drug-likeness (QED) is 0.803. The Morgan fingerprint density at radius 2 is 1.48 bits per heavy atom. The standard InChI is InChI=1S/C18H22ClNO3/c1-22-17-9-15(10-18(11-17)23-2)13-20(7-8-21)12-14-3-5-16(19)6-4-14/h3-6,9-11,21H,7-8,12-13H2,1-2H3. The Kier molecular flexibility index (Phi) is 6.71. The molecule has 0 radical (unpaired) electrons. The van der Waals surface area contributed by atoms with Crippen LogP contribution in [-0.2, 0) is 13.1 Å². The smallest absolute Gasteiger partial charge is 0.122 e. The van der Waals surface area contributed by atoms with Crippen LogP contribution in [-0.4, -0.2) is 37.4 Å². The fourth-order valence-corrected chi connectivity index (χ4v) is 2.55. The molecular weight excluding hydrogens is 314 g/mol. The number of aliphatic hydroxyl groups is 1. The van der Waals surface area contributed by atoms with Gasteiger partial charge in [-0.25, -0.2) is 0 Å². The van der Waals surface area contributed by atoms with Crippen molar-refractivity contribution >= 4 is 11.6 Å². The lowest BCUT2D eigenvalue weighted by Gasteiger charge is -2.22. The van der Waals surface area contributed by atoms with E-state index < -0.39 is 0 Å². The number of aliphatic hydroxyl groups excluding tert-OH is 1. The maximum atomic E-state index is 9.33. The summed E-state index contributed by atoms with van der Waals surface area (Å²) < 4.78 is 10.6. The Hall–Kier alpha value is -1.75. The lowest BCUT2D eigenvalue weighted by Crippen LogP contribution is -2.26. The molecule has 4 nitrogen and oxygen atoms in total. The number of hydrogen-bond acceptors (Lipinski definition) is 4. The molecule has 2 aromatic rings. The molecule has 0 saturated carbocycles. The van der Waals surface area contributed by atoms with Gasteiger partial charge in [-0.15, -0.1) is 0 Å². The molecule has 0 saturated heterocycles. The average Bonchev–Trinajstić information content (AvgIpc) is 2.56. The third-order valence-electron chi connectivity index (χ3n) is 3.55. The first-order chi connectivity index (χ1) is 11.1. The van der Waals surface area contributed by atoms with Crippen molar-refractivity contribution in [2.24, 2.45) is 0 Å². The summed E-state index contributed by atoms with van der Waals surface area (Å²) in [6.07, 6.45) is 0. The lowest BCUT2D eigenvalue weighted by atomic mass is 10.1. The van der Waals surface area contributed by atoms with Crippen LogP contribution in [0.1, 0.15) is 11.1 Å². The Morgan fingerprint density at radius 1 is 0.913 bits per heavy atom. The Morgan fingerprint density at radius 3 is 2.00 bits per heavy atom. The zero-order chi connectivity index (χ0) is 16.7. The molecule has 0 aliphatic heterocycles. The second-order valence-electron chi connectivity index (χ2n) is 5.28. The van der Waals surface area contributed by atoms with Crippen LogP contribution in [0.4, 0.5) is 0 Å². The Bertz CT molecular complexity index is 594. The summed E-state index contributed by atoms with van der Waals surface area (Å²) in [5, 5.41) is 10.0. The van der Waals surface area contributed by atoms with Crippen molar-refractivity contribution < 1.29 is 14.6 Å². The molecule has 0 unspecified atom stereocenters. The van der Waals surface area contributed by atoms with Crippen LogP contribution >= 0.6 is 11.6 Å². The molecule has 0 aromatic heterocycles. The van der Waals surface area contributed by atoms with Gasteiger partial charge in [0.2, 0.25) is 0 Å². The number of rotatable bonds is 8. The highest BCUT2D eigenvalue weighted by molar-refractivity contribution is 6.30. The van der Waals surface area contributed by atoms with Gasteiger partial charge in [0.1, 0.15) is 11.5 Å². The maximum absolute atomic E-state index is 9.33. The van der Waals surface area contributed by atoms with E-state index >= 15 is 0 Å². The SMILES string of the molecule is COc1cc(CN(CCO)Cc2ccc(Cl)cc2)cc(OC)c1. The predicted molar refractivity (Wildman–Crippen MR) is 92.2 cm³/mol. The van der Waals surface area contributed by atoms with Crippen molar-refractivity contribution in [1.82, 2.24) is 4.90 Å². The molecule has 5 heteroatoms. The van der Waals surface area contributed by atoms with Crippen LogP contribution in [0.2, 0.25) is 5.02 Å². The Balaban J connectivity index is 2.13. The minimum atomic E-state index is 0.106. The summed E-state index contributed by atoms with van der Waals surface area (Å²) in [4.78, 5) is 2.16. The van der Waals surface area contributed by atoms with Gasteiger partial charge in [0, 0.05) is 30.7 Å². The molecule has 0 aliphatic carbocycles. The average molecular weight is 336 g/mol. The summed E-state index contributed by atoms with van der Waals surface area (Å²) in [5.74, 6) is 1.52. The van der Waals surface area contributed by atoms with Crippen molar-refractivity contribution in [3.8, 4) is 11.5 Å².